The molecule has 0 aromatic rings. The van der Waals surface area contributed by atoms with Crippen LogP contribution < -0.4 is 5.32 Å². The molecule has 2 rings (SSSR count). The van der Waals surface area contributed by atoms with E-state index in [1.165, 1.54) is 0 Å². The molecule has 0 aromatic carbocycles. The topological polar surface area (TPSA) is 89.9 Å². The van der Waals surface area contributed by atoms with E-state index >= 15 is 0 Å². The Balaban J connectivity index is 1.68. The van der Waals surface area contributed by atoms with Crippen LogP contribution in [0.1, 0.15) is 6.42 Å². The van der Waals surface area contributed by atoms with Crippen molar-refractivity contribution in [3.05, 3.63) is 0 Å². The zero-order valence-corrected chi connectivity index (χ0v) is 12.4. The number of nitrogens with zero attached hydrogens (tertiary/aromatic N) is 2. The van der Waals surface area contributed by atoms with E-state index < -0.39 is 9.84 Å². The molecule has 1 atom stereocenters. The van der Waals surface area contributed by atoms with Gasteiger partial charge in [-0.05, 0) is 6.42 Å². The van der Waals surface area contributed by atoms with E-state index in [1.807, 2.05) is 0 Å². The van der Waals surface area contributed by atoms with E-state index in [2.05, 4.69) is 15.1 Å². The van der Waals surface area contributed by atoms with Crippen molar-refractivity contribution in [3.8, 4) is 0 Å². The van der Waals surface area contributed by atoms with Gasteiger partial charge in [0.15, 0.2) is 9.84 Å². The van der Waals surface area contributed by atoms with Crippen LogP contribution in [0.2, 0.25) is 0 Å². The maximum Gasteiger partial charge on any atom is 0.234 e. The van der Waals surface area contributed by atoms with Crippen molar-refractivity contribution < 1.29 is 18.3 Å². The third kappa shape index (κ3) is 4.69. The van der Waals surface area contributed by atoms with Gasteiger partial charge in [0.25, 0.3) is 0 Å². The molecular weight excluding hydrogens is 282 g/mol. The number of β-amino-alcohol motifs (C(OH)–C–C–N with tert-alkyl or cyclic N) is 1. The Labute approximate surface area is 119 Å². The fourth-order valence-electron chi connectivity index (χ4n) is 2.70. The van der Waals surface area contributed by atoms with Crippen LogP contribution in [-0.2, 0) is 14.6 Å². The van der Waals surface area contributed by atoms with E-state index in [1.54, 1.807) is 0 Å². The van der Waals surface area contributed by atoms with Crippen molar-refractivity contribution in [2.45, 2.75) is 12.5 Å². The highest BCUT2D eigenvalue weighted by atomic mass is 32.2. The number of nitrogens with one attached hydrogen (secondary N) is 1. The fourth-order valence-corrected chi connectivity index (χ4v) is 4.37. The van der Waals surface area contributed by atoms with Crippen LogP contribution in [0.25, 0.3) is 0 Å². The zero-order valence-electron chi connectivity index (χ0n) is 11.6. The number of rotatable bonds is 5. The van der Waals surface area contributed by atoms with Crippen molar-refractivity contribution in [3.63, 3.8) is 0 Å². The van der Waals surface area contributed by atoms with E-state index in [0.717, 1.165) is 26.2 Å². The molecule has 0 aliphatic carbocycles. The molecule has 20 heavy (non-hydrogen) atoms. The van der Waals surface area contributed by atoms with Crippen LogP contribution in [0, 0.1) is 0 Å². The van der Waals surface area contributed by atoms with E-state index in [-0.39, 0.29) is 30.1 Å². The molecule has 1 unspecified atom stereocenters. The lowest BCUT2D eigenvalue weighted by molar-refractivity contribution is -0.123. The molecule has 0 saturated carbocycles. The quantitative estimate of drug-likeness (QED) is 0.605. The fraction of sp³-hybridized carbons (Fsp3) is 0.917. The summed E-state index contributed by atoms with van der Waals surface area (Å²) in [5.41, 5.74) is 0. The summed E-state index contributed by atoms with van der Waals surface area (Å²) in [6.07, 6.45) is 0.526. The van der Waals surface area contributed by atoms with Gasteiger partial charge in [-0.3, -0.25) is 14.6 Å². The minimum Gasteiger partial charge on any atom is -0.395 e. The first kappa shape index (κ1) is 15.7. The van der Waals surface area contributed by atoms with Crippen molar-refractivity contribution >= 4 is 15.7 Å². The lowest BCUT2D eigenvalue weighted by Crippen LogP contribution is -2.51. The van der Waals surface area contributed by atoms with Gasteiger partial charge in [0.1, 0.15) is 0 Å². The van der Waals surface area contributed by atoms with Gasteiger partial charge in [-0.2, -0.15) is 0 Å². The predicted molar refractivity (Wildman–Crippen MR) is 75.2 cm³/mol. The van der Waals surface area contributed by atoms with E-state index in [0.29, 0.717) is 19.5 Å². The van der Waals surface area contributed by atoms with Crippen LogP contribution >= 0.6 is 0 Å². The van der Waals surface area contributed by atoms with Crippen molar-refractivity contribution in [1.29, 1.82) is 0 Å². The molecule has 0 radical (unpaired) electrons. The van der Waals surface area contributed by atoms with Crippen LogP contribution in [0.15, 0.2) is 0 Å². The van der Waals surface area contributed by atoms with Crippen LogP contribution in [-0.4, -0.2) is 92.7 Å². The molecule has 1 amide bonds. The summed E-state index contributed by atoms with van der Waals surface area (Å²) in [5.74, 6) is 0.156. The molecule has 2 heterocycles. The number of aliphatic hydroxyl groups excluding tert-OH is 1. The Morgan fingerprint density at radius 2 is 1.85 bits per heavy atom. The number of sulfone groups is 1. The SMILES string of the molecule is O=C(CN1CCN(CCO)CC1)NC1CCS(=O)(=O)C1. The minimum atomic E-state index is -2.95. The van der Waals surface area contributed by atoms with E-state index in [4.69, 9.17) is 5.11 Å². The van der Waals surface area contributed by atoms with Crippen LogP contribution in [0.5, 0.6) is 0 Å². The predicted octanol–water partition coefficient (Wildman–Crippen LogP) is -2.10. The Hall–Kier alpha value is -0.700. The summed E-state index contributed by atoms with van der Waals surface area (Å²) in [7, 11) is -2.95. The van der Waals surface area contributed by atoms with Gasteiger partial charge in [0.2, 0.25) is 5.91 Å². The molecule has 2 fully saturated rings. The highest BCUT2D eigenvalue weighted by Gasteiger charge is 2.29. The number of aliphatic hydroxyl groups is 1. The van der Waals surface area contributed by atoms with Gasteiger partial charge < -0.3 is 10.4 Å². The van der Waals surface area contributed by atoms with Gasteiger partial charge in [0, 0.05) is 38.8 Å². The lowest BCUT2D eigenvalue weighted by Gasteiger charge is -2.34. The third-order valence-corrected chi connectivity index (χ3v) is 5.61. The molecule has 2 saturated heterocycles. The molecule has 116 valence electrons. The minimum absolute atomic E-state index is 0.0724. The van der Waals surface area contributed by atoms with Crippen molar-refractivity contribution in [2.24, 2.45) is 0 Å². The van der Waals surface area contributed by atoms with Gasteiger partial charge in [-0.25, -0.2) is 8.42 Å². The summed E-state index contributed by atoms with van der Waals surface area (Å²) in [5, 5.41) is 11.7. The maximum absolute atomic E-state index is 11.9. The average molecular weight is 305 g/mol. The number of hydrogen-bond acceptors (Lipinski definition) is 6. The summed E-state index contributed by atoms with van der Waals surface area (Å²) in [6.45, 7) is 4.48. The smallest absolute Gasteiger partial charge is 0.234 e. The largest absolute Gasteiger partial charge is 0.395 e. The van der Waals surface area contributed by atoms with Crippen LogP contribution in [0.4, 0.5) is 0 Å². The number of amides is 1. The number of hydrogen-bond donors (Lipinski definition) is 2. The zero-order chi connectivity index (χ0) is 14.6. The molecule has 0 spiro atoms. The summed E-state index contributed by atoms with van der Waals surface area (Å²) < 4.78 is 22.6. The number of carbonyl (C=O) groups excluding carboxylic acids is 1. The number of piperazine rings is 1. The first-order valence-electron chi connectivity index (χ1n) is 7.04. The first-order valence-corrected chi connectivity index (χ1v) is 8.86. The molecule has 2 aliphatic rings. The standard InChI is InChI=1S/C12H23N3O4S/c16-7-6-14-2-4-15(5-3-14)9-12(17)13-11-1-8-20(18,19)10-11/h11,16H,1-10H2,(H,13,17). The molecule has 0 bridgehead atoms. The summed E-state index contributed by atoms with van der Waals surface area (Å²) in [4.78, 5) is 16.1. The molecule has 2 aliphatic heterocycles. The second-order valence-corrected chi connectivity index (χ2v) is 7.74. The monoisotopic (exact) mass is 305 g/mol. The Morgan fingerprint density at radius 1 is 1.20 bits per heavy atom. The van der Waals surface area contributed by atoms with Crippen LogP contribution in [0.3, 0.4) is 0 Å². The molecule has 2 N–H and O–H groups in total. The van der Waals surface area contributed by atoms with Gasteiger partial charge in [0.05, 0.1) is 24.7 Å². The normalized spacial score (nSPS) is 27.6. The molecule has 8 heteroatoms. The van der Waals surface area contributed by atoms with Gasteiger partial charge >= 0.3 is 0 Å². The summed E-state index contributed by atoms with van der Waals surface area (Å²) >= 11 is 0. The van der Waals surface area contributed by atoms with Crippen molar-refractivity contribution in [2.75, 3.05) is 57.4 Å². The molecular formula is C12H23N3O4S. The van der Waals surface area contributed by atoms with Gasteiger partial charge in [-0.15, -0.1) is 0 Å². The molecule has 7 nitrogen and oxygen atoms in total. The van der Waals surface area contributed by atoms with E-state index in [9.17, 15) is 13.2 Å². The number of carbonyl (C=O) groups is 1. The third-order valence-electron chi connectivity index (χ3n) is 3.85. The summed E-state index contributed by atoms with van der Waals surface area (Å²) in [6, 6.07) is -0.219. The average Bonchev–Trinajstić information content (AvgIpc) is 2.71. The maximum atomic E-state index is 11.9. The Kier molecular flexibility index (Phi) is 5.36. The Morgan fingerprint density at radius 3 is 2.40 bits per heavy atom. The molecule has 0 aromatic heterocycles. The second kappa shape index (κ2) is 6.84. The lowest BCUT2D eigenvalue weighted by atomic mass is 10.2. The first-order chi connectivity index (χ1) is 9.48. The second-order valence-electron chi connectivity index (χ2n) is 5.51. The highest BCUT2D eigenvalue weighted by molar-refractivity contribution is 7.91. The Bertz CT molecular complexity index is 432. The highest BCUT2D eigenvalue weighted by Crippen LogP contribution is 2.11. The van der Waals surface area contributed by atoms with Gasteiger partial charge in [-0.1, -0.05) is 0 Å². The van der Waals surface area contributed by atoms with Crippen molar-refractivity contribution in [1.82, 2.24) is 15.1 Å².